The van der Waals surface area contributed by atoms with Crippen molar-refractivity contribution in [3.05, 3.63) is 36.4 Å². The van der Waals surface area contributed by atoms with Gasteiger partial charge in [-0.3, -0.25) is 4.79 Å². The fraction of sp³-hybridized carbons (Fsp3) is 0.500. The lowest BCUT2D eigenvalue weighted by molar-refractivity contribution is -0.114. The first kappa shape index (κ1) is 33.8. The molecule has 0 radical (unpaired) electrons. The molecule has 0 spiro atoms. The molecule has 0 saturated carbocycles. The van der Waals surface area contributed by atoms with Crippen molar-refractivity contribution >= 4 is 51.2 Å². The van der Waals surface area contributed by atoms with E-state index in [-0.39, 0.29) is 13.3 Å². The topological polar surface area (TPSA) is 80.1 Å². The van der Waals surface area contributed by atoms with Gasteiger partial charge in [0.2, 0.25) is 5.91 Å². The van der Waals surface area contributed by atoms with E-state index in [4.69, 9.17) is 15.2 Å². The number of benzene rings is 2. The molecule has 8 heteroatoms. The minimum Gasteiger partial charge on any atom is -0.495 e. The third-order valence-corrected chi connectivity index (χ3v) is 4.91. The van der Waals surface area contributed by atoms with Crippen LogP contribution in [0.15, 0.2) is 36.4 Å². The number of hydrogen-bond acceptors (Lipinski definition) is 6. The van der Waals surface area contributed by atoms with Crippen LogP contribution < -0.4 is 30.3 Å². The van der Waals surface area contributed by atoms with Crippen LogP contribution in [-0.2, 0) is 4.79 Å². The molecule has 0 unspecified atom stereocenters. The van der Waals surface area contributed by atoms with E-state index in [1.165, 1.54) is 6.92 Å². The minimum absolute atomic E-state index is 0. The Bertz CT molecular complexity index is 826. The van der Waals surface area contributed by atoms with Crippen molar-refractivity contribution in [2.45, 2.75) is 42.0 Å². The quantitative estimate of drug-likeness (QED) is 0.203. The maximum absolute atomic E-state index is 11.0. The Morgan fingerprint density at radius 2 is 1.26 bits per heavy atom. The van der Waals surface area contributed by atoms with Crippen molar-refractivity contribution in [3.8, 4) is 11.5 Å². The molecular formula is C26H45IN4O3. The molecule has 34 heavy (non-hydrogen) atoms. The molecule has 2 aromatic carbocycles. The van der Waals surface area contributed by atoms with E-state index in [0.29, 0.717) is 0 Å². The van der Waals surface area contributed by atoms with Gasteiger partial charge in [-0.25, -0.2) is 0 Å². The molecule has 0 aliphatic heterocycles. The summed E-state index contributed by atoms with van der Waals surface area (Å²) in [7, 11) is 3.33. The number of anilines is 4. The molecule has 1 amide bonds. The van der Waals surface area contributed by atoms with Crippen LogP contribution in [0.4, 0.5) is 22.7 Å². The number of methoxy groups -OCH3 is 2. The summed E-state index contributed by atoms with van der Waals surface area (Å²) in [5.41, 5.74) is 9.38. The fourth-order valence-electron chi connectivity index (χ4n) is 3.30. The third kappa shape index (κ3) is 10.7. The van der Waals surface area contributed by atoms with Crippen LogP contribution in [0.5, 0.6) is 11.5 Å². The van der Waals surface area contributed by atoms with Crippen LogP contribution in [-0.4, -0.2) is 51.2 Å². The predicted octanol–water partition coefficient (Wildman–Crippen LogP) is 6.31. The van der Waals surface area contributed by atoms with Crippen molar-refractivity contribution in [2.75, 3.05) is 66.2 Å². The van der Waals surface area contributed by atoms with Crippen LogP contribution in [0.25, 0.3) is 0 Å². The average Bonchev–Trinajstić information content (AvgIpc) is 2.82. The Kier molecular flexibility index (Phi) is 18.9. The number of carbonyl (C=O) groups is 1. The number of amides is 1. The lowest BCUT2D eigenvalue weighted by Gasteiger charge is -2.24. The van der Waals surface area contributed by atoms with E-state index >= 15 is 0 Å². The van der Waals surface area contributed by atoms with Gasteiger partial charge in [0.25, 0.3) is 0 Å². The fourth-order valence-corrected chi connectivity index (χ4v) is 3.30. The number of hydrogen-bond donors (Lipinski definition) is 2. The van der Waals surface area contributed by atoms with Crippen molar-refractivity contribution in [1.82, 2.24) is 0 Å². The van der Waals surface area contributed by atoms with Crippen LogP contribution in [0.1, 0.15) is 42.0 Å². The molecule has 0 heterocycles. The van der Waals surface area contributed by atoms with Crippen LogP contribution in [0.2, 0.25) is 0 Å². The highest BCUT2D eigenvalue weighted by molar-refractivity contribution is 14.1. The molecule has 2 aromatic rings. The SMILES string of the molecule is C.CCN(CC)c1cc(N)ccc1OC.CCN(CC)c1cc(NC(C)=O)ccc1OC.CI. The summed E-state index contributed by atoms with van der Waals surface area (Å²) in [4.78, 5) is 17.4. The lowest BCUT2D eigenvalue weighted by Crippen LogP contribution is -2.22. The number of nitrogens with two attached hydrogens (primary N) is 1. The first-order chi connectivity index (χ1) is 15.8. The molecule has 0 atom stereocenters. The zero-order valence-electron chi connectivity index (χ0n) is 21.4. The zero-order valence-corrected chi connectivity index (χ0v) is 23.5. The Balaban J connectivity index is 0. The number of halogens is 1. The number of alkyl halides is 1. The average molecular weight is 589 g/mol. The van der Waals surface area contributed by atoms with Crippen molar-refractivity contribution in [2.24, 2.45) is 0 Å². The van der Waals surface area contributed by atoms with Gasteiger partial charge in [-0.15, -0.1) is 0 Å². The second-order valence-corrected chi connectivity index (χ2v) is 6.84. The highest BCUT2D eigenvalue weighted by atomic mass is 127. The van der Waals surface area contributed by atoms with Crippen molar-refractivity contribution in [1.29, 1.82) is 0 Å². The largest absolute Gasteiger partial charge is 0.495 e. The number of nitrogens with zero attached hydrogens (tertiary/aromatic N) is 2. The molecule has 2 rings (SSSR count). The van der Waals surface area contributed by atoms with Gasteiger partial charge in [-0.1, -0.05) is 30.0 Å². The molecule has 3 N–H and O–H groups in total. The summed E-state index contributed by atoms with van der Waals surface area (Å²) in [5.74, 6) is 1.63. The van der Waals surface area contributed by atoms with E-state index < -0.39 is 0 Å². The van der Waals surface area contributed by atoms with E-state index in [0.717, 1.165) is 60.4 Å². The van der Waals surface area contributed by atoms with E-state index in [2.05, 4.69) is 65.4 Å². The number of nitrogen functional groups attached to an aromatic ring is 1. The van der Waals surface area contributed by atoms with Crippen LogP contribution in [0, 0.1) is 0 Å². The van der Waals surface area contributed by atoms with E-state index in [9.17, 15) is 4.79 Å². The summed E-state index contributed by atoms with van der Waals surface area (Å²) in [5, 5.41) is 2.78. The molecule has 0 fully saturated rings. The van der Waals surface area contributed by atoms with Gasteiger partial charge in [-0.05, 0) is 69.0 Å². The minimum atomic E-state index is -0.0688. The van der Waals surface area contributed by atoms with Gasteiger partial charge in [0.1, 0.15) is 11.5 Å². The van der Waals surface area contributed by atoms with Crippen LogP contribution >= 0.6 is 22.6 Å². The molecule has 0 aliphatic carbocycles. The summed E-state index contributed by atoms with van der Waals surface area (Å²) < 4.78 is 10.6. The summed E-state index contributed by atoms with van der Waals surface area (Å²) in [6.07, 6.45) is 0. The first-order valence-corrected chi connectivity index (χ1v) is 13.3. The zero-order chi connectivity index (χ0) is 25.4. The van der Waals surface area contributed by atoms with E-state index in [1.54, 1.807) is 14.2 Å². The number of rotatable bonds is 9. The molecule has 0 saturated heterocycles. The van der Waals surface area contributed by atoms with Gasteiger partial charge in [0.05, 0.1) is 25.6 Å². The molecule has 0 bridgehead atoms. The smallest absolute Gasteiger partial charge is 0.221 e. The monoisotopic (exact) mass is 588 g/mol. The lowest BCUT2D eigenvalue weighted by atomic mass is 10.2. The second-order valence-electron chi connectivity index (χ2n) is 6.84. The van der Waals surface area contributed by atoms with Gasteiger partial charge in [0, 0.05) is 44.5 Å². The third-order valence-electron chi connectivity index (χ3n) is 4.91. The first-order valence-electron chi connectivity index (χ1n) is 11.1. The highest BCUT2D eigenvalue weighted by Crippen LogP contribution is 2.31. The highest BCUT2D eigenvalue weighted by Gasteiger charge is 2.11. The van der Waals surface area contributed by atoms with Crippen molar-refractivity contribution < 1.29 is 14.3 Å². The van der Waals surface area contributed by atoms with Gasteiger partial charge in [-0.2, -0.15) is 0 Å². The molecular weight excluding hydrogens is 543 g/mol. The predicted molar refractivity (Wildman–Crippen MR) is 159 cm³/mol. The van der Waals surface area contributed by atoms with Gasteiger partial charge >= 0.3 is 0 Å². The Labute approximate surface area is 221 Å². The Morgan fingerprint density at radius 3 is 1.65 bits per heavy atom. The summed E-state index contributed by atoms with van der Waals surface area (Å²) in [6.45, 7) is 13.6. The van der Waals surface area contributed by atoms with E-state index in [1.807, 2.05) is 41.3 Å². The van der Waals surface area contributed by atoms with Crippen LogP contribution in [0.3, 0.4) is 0 Å². The van der Waals surface area contributed by atoms with Crippen molar-refractivity contribution in [3.63, 3.8) is 0 Å². The number of nitrogens with one attached hydrogen (secondary N) is 1. The number of carbonyl (C=O) groups excluding carboxylic acids is 1. The molecule has 0 aromatic heterocycles. The Hall–Kier alpha value is -2.36. The van der Waals surface area contributed by atoms with Gasteiger partial charge < -0.3 is 30.3 Å². The summed E-state index contributed by atoms with van der Waals surface area (Å²) in [6, 6.07) is 11.4. The number of ether oxygens (including phenoxy) is 2. The second kappa shape index (κ2) is 19.0. The maximum atomic E-state index is 11.0. The maximum Gasteiger partial charge on any atom is 0.221 e. The Morgan fingerprint density at radius 1 is 0.853 bits per heavy atom. The molecule has 0 aliphatic rings. The van der Waals surface area contributed by atoms with Gasteiger partial charge in [0.15, 0.2) is 0 Å². The normalized spacial score (nSPS) is 9.21. The molecule has 7 nitrogen and oxygen atoms in total. The summed E-state index contributed by atoms with van der Waals surface area (Å²) >= 11 is 2.15. The molecule has 194 valence electrons. The standard InChI is InChI=1S/C13H20N2O2.C11H18N2O.CH3I.CH4/c1-5-15(6-2)12-9-11(14-10(3)16)7-8-13(12)17-4;1-4-13(5-2)10-8-9(12)6-7-11(10)14-3;1-2;/h7-9H,5-6H2,1-4H3,(H,14,16);6-8H,4-5,12H2,1-3H3;1H3;1H4.